The van der Waals surface area contributed by atoms with E-state index in [1.54, 1.807) is 0 Å². The van der Waals surface area contributed by atoms with Gasteiger partial charge in [-0.1, -0.05) is 79.8 Å². The fourth-order valence-electron chi connectivity index (χ4n) is 2.43. The lowest BCUT2D eigenvalue weighted by atomic mass is 10.0. The zero-order chi connectivity index (χ0) is 21.6. The first-order valence-corrected chi connectivity index (χ1v) is 10.4. The highest BCUT2D eigenvalue weighted by Crippen LogP contribution is 2.10. The molecular weight excluding hydrogens is 364 g/mol. The van der Waals surface area contributed by atoms with Crippen LogP contribution in [0, 0.1) is 5.92 Å². The Hall–Kier alpha value is -2.62. The van der Waals surface area contributed by atoms with Gasteiger partial charge in [-0.15, -0.1) is 0 Å². The largest absolute Gasteiger partial charge is 0.481 e. The van der Waals surface area contributed by atoms with Crippen LogP contribution < -0.4 is 0 Å². The van der Waals surface area contributed by atoms with Gasteiger partial charge in [0.15, 0.2) is 5.92 Å². The fourth-order valence-corrected chi connectivity index (χ4v) is 2.43. The van der Waals surface area contributed by atoms with Crippen LogP contribution in [0.2, 0.25) is 0 Å². The van der Waals surface area contributed by atoms with Gasteiger partial charge in [-0.3, -0.25) is 9.59 Å². The minimum atomic E-state index is -1.30. The van der Waals surface area contributed by atoms with E-state index >= 15 is 0 Å². The maximum absolute atomic E-state index is 10.8. The summed E-state index contributed by atoms with van der Waals surface area (Å²) in [5.41, 5.74) is 0. The van der Waals surface area contributed by atoms with Gasteiger partial charge in [0.05, 0.1) is 0 Å². The molecule has 0 atom stereocenters. The molecule has 0 rings (SSSR count). The summed E-state index contributed by atoms with van der Waals surface area (Å²) in [6.45, 7) is 2.14. The summed E-state index contributed by atoms with van der Waals surface area (Å²) in [6.07, 6.45) is 32.8. The Labute approximate surface area is 175 Å². The van der Waals surface area contributed by atoms with Crippen LogP contribution in [-0.4, -0.2) is 22.2 Å². The molecule has 0 saturated heterocycles. The second kappa shape index (κ2) is 20.1. The standard InChI is InChI=1S/C25H36O4/c1-2-3-4-5-6-7-8-9-10-11-12-13-14-15-16-17-18-19-20-21-22-23(24(26)27)25(28)29/h3-4,6-7,9-10,12-13,15-16,18-19,23H,2,5,8,11,14,17,20-22H2,1H3,(H,26,27)(H,28,29)/b4-3-,7-6-,10-9-,13-12-,16-15-,19-18-. The van der Waals surface area contributed by atoms with Gasteiger partial charge in [0.2, 0.25) is 0 Å². The van der Waals surface area contributed by atoms with Crippen molar-refractivity contribution in [2.24, 2.45) is 5.92 Å². The van der Waals surface area contributed by atoms with Crippen LogP contribution in [0.5, 0.6) is 0 Å². The van der Waals surface area contributed by atoms with Crippen LogP contribution in [0.4, 0.5) is 0 Å². The number of carboxylic acid groups (broad SMARTS) is 2. The molecule has 0 unspecified atom stereocenters. The van der Waals surface area contributed by atoms with Crippen molar-refractivity contribution in [2.75, 3.05) is 0 Å². The topological polar surface area (TPSA) is 74.6 Å². The second-order valence-electron chi connectivity index (χ2n) is 6.58. The Balaban J connectivity index is 3.67. The quantitative estimate of drug-likeness (QED) is 0.163. The molecule has 0 radical (unpaired) electrons. The highest BCUT2D eigenvalue weighted by molar-refractivity contribution is 5.92. The number of carboxylic acids is 2. The van der Waals surface area contributed by atoms with Gasteiger partial charge in [-0.25, -0.2) is 0 Å². The van der Waals surface area contributed by atoms with Gasteiger partial charge in [-0.2, -0.15) is 0 Å². The number of aliphatic carboxylic acids is 2. The molecule has 0 aromatic carbocycles. The molecule has 0 aliphatic rings. The first kappa shape index (κ1) is 26.4. The summed E-state index contributed by atoms with van der Waals surface area (Å²) >= 11 is 0. The lowest BCUT2D eigenvalue weighted by Gasteiger charge is -2.04. The van der Waals surface area contributed by atoms with E-state index in [9.17, 15) is 9.59 Å². The lowest BCUT2D eigenvalue weighted by molar-refractivity contribution is -0.154. The SMILES string of the molecule is CC/C=C\C/C=C\C/C=C\C/C=C\C/C=C\C/C=C\CCCC(C(=O)O)C(=O)O. The number of hydrogen-bond acceptors (Lipinski definition) is 2. The van der Waals surface area contributed by atoms with Crippen LogP contribution in [0.25, 0.3) is 0 Å². The van der Waals surface area contributed by atoms with Crippen molar-refractivity contribution in [1.29, 1.82) is 0 Å². The number of carbonyl (C=O) groups is 2. The maximum Gasteiger partial charge on any atom is 0.317 e. The van der Waals surface area contributed by atoms with Gasteiger partial charge < -0.3 is 10.2 Å². The molecule has 4 heteroatoms. The van der Waals surface area contributed by atoms with Gasteiger partial charge in [0, 0.05) is 0 Å². The molecule has 0 bridgehead atoms. The molecule has 0 aliphatic heterocycles. The molecule has 0 fully saturated rings. The Morgan fingerprint density at radius 3 is 1.31 bits per heavy atom. The van der Waals surface area contributed by atoms with Crippen molar-refractivity contribution in [1.82, 2.24) is 0 Å². The maximum atomic E-state index is 10.8. The first-order chi connectivity index (χ1) is 14.1. The van der Waals surface area contributed by atoms with E-state index in [1.165, 1.54) is 0 Å². The molecule has 0 heterocycles. The summed E-state index contributed by atoms with van der Waals surface area (Å²) in [7, 11) is 0. The molecule has 0 amide bonds. The first-order valence-electron chi connectivity index (χ1n) is 10.4. The van der Waals surface area contributed by atoms with Crippen molar-refractivity contribution < 1.29 is 19.8 Å². The molecule has 0 aromatic heterocycles. The van der Waals surface area contributed by atoms with Crippen LogP contribution >= 0.6 is 0 Å². The molecule has 2 N–H and O–H groups in total. The Kier molecular flexibility index (Phi) is 18.3. The van der Waals surface area contributed by atoms with E-state index in [0.29, 0.717) is 12.8 Å². The Morgan fingerprint density at radius 2 is 0.966 bits per heavy atom. The third-order valence-corrected chi connectivity index (χ3v) is 4.06. The highest BCUT2D eigenvalue weighted by atomic mass is 16.4. The van der Waals surface area contributed by atoms with Crippen LogP contribution in [-0.2, 0) is 9.59 Å². The molecule has 0 spiro atoms. The fraction of sp³-hybridized carbons (Fsp3) is 0.440. The van der Waals surface area contributed by atoms with Crippen molar-refractivity contribution in [3.63, 3.8) is 0 Å². The van der Waals surface area contributed by atoms with Crippen LogP contribution in [0.15, 0.2) is 72.9 Å². The van der Waals surface area contributed by atoms with Crippen LogP contribution in [0.1, 0.15) is 64.7 Å². The Morgan fingerprint density at radius 1 is 0.621 bits per heavy atom. The van der Waals surface area contributed by atoms with E-state index in [2.05, 4.69) is 67.7 Å². The zero-order valence-electron chi connectivity index (χ0n) is 17.6. The average molecular weight is 401 g/mol. The average Bonchev–Trinajstić information content (AvgIpc) is 2.68. The summed E-state index contributed by atoms with van der Waals surface area (Å²) < 4.78 is 0. The lowest BCUT2D eigenvalue weighted by Crippen LogP contribution is -2.23. The second-order valence-corrected chi connectivity index (χ2v) is 6.58. The number of allylic oxidation sites excluding steroid dienone is 12. The number of rotatable bonds is 17. The smallest absolute Gasteiger partial charge is 0.317 e. The summed E-state index contributed by atoms with van der Waals surface area (Å²) in [4.78, 5) is 21.5. The third kappa shape index (κ3) is 18.5. The molecule has 29 heavy (non-hydrogen) atoms. The molecule has 0 saturated carbocycles. The molecule has 4 nitrogen and oxygen atoms in total. The summed E-state index contributed by atoms with van der Waals surface area (Å²) in [6, 6.07) is 0. The summed E-state index contributed by atoms with van der Waals surface area (Å²) in [5, 5.41) is 17.6. The molecule has 0 aromatic rings. The molecule has 0 aliphatic carbocycles. The van der Waals surface area contributed by atoms with Crippen molar-refractivity contribution in [3.8, 4) is 0 Å². The van der Waals surface area contributed by atoms with Gasteiger partial charge >= 0.3 is 11.9 Å². The third-order valence-electron chi connectivity index (χ3n) is 4.06. The van der Waals surface area contributed by atoms with E-state index in [0.717, 1.165) is 38.5 Å². The monoisotopic (exact) mass is 400 g/mol. The predicted molar refractivity (Wildman–Crippen MR) is 121 cm³/mol. The van der Waals surface area contributed by atoms with E-state index < -0.39 is 17.9 Å². The highest BCUT2D eigenvalue weighted by Gasteiger charge is 2.24. The van der Waals surface area contributed by atoms with Crippen molar-refractivity contribution in [3.05, 3.63) is 72.9 Å². The van der Waals surface area contributed by atoms with E-state index in [4.69, 9.17) is 10.2 Å². The molecule has 160 valence electrons. The zero-order valence-corrected chi connectivity index (χ0v) is 17.6. The number of unbranched alkanes of at least 4 members (excludes halogenated alkanes) is 1. The van der Waals surface area contributed by atoms with Gasteiger partial charge in [0.1, 0.15) is 0 Å². The Bertz CT molecular complexity index is 592. The van der Waals surface area contributed by atoms with E-state index in [1.807, 2.05) is 12.2 Å². The minimum Gasteiger partial charge on any atom is -0.481 e. The van der Waals surface area contributed by atoms with Gasteiger partial charge in [-0.05, 0) is 57.8 Å². The van der Waals surface area contributed by atoms with Crippen molar-refractivity contribution >= 4 is 11.9 Å². The van der Waals surface area contributed by atoms with Gasteiger partial charge in [0.25, 0.3) is 0 Å². The van der Waals surface area contributed by atoms with Crippen molar-refractivity contribution in [2.45, 2.75) is 64.7 Å². The minimum absolute atomic E-state index is 0.163. The predicted octanol–water partition coefficient (Wildman–Crippen LogP) is 6.64. The van der Waals surface area contributed by atoms with E-state index in [-0.39, 0.29) is 6.42 Å². The van der Waals surface area contributed by atoms with Crippen LogP contribution in [0.3, 0.4) is 0 Å². The number of hydrogen-bond donors (Lipinski definition) is 2. The normalized spacial score (nSPS) is 12.9. The summed E-state index contributed by atoms with van der Waals surface area (Å²) in [5.74, 6) is -3.82. The molecular formula is C25H36O4.